The van der Waals surface area contributed by atoms with E-state index in [2.05, 4.69) is 32.2 Å². The summed E-state index contributed by atoms with van der Waals surface area (Å²) in [6.45, 7) is 7.38. The largest absolute Gasteiger partial charge is 0.494 e. The average Bonchev–Trinajstić information content (AvgIpc) is 2.31. The summed E-state index contributed by atoms with van der Waals surface area (Å²) in [5.41, 5.74) is 4.71. The Morgan fingerprint density at radius 3 is 2.47 bits per heavy atom. The van der Waals surface area contributed by atoms with Crippen molar-refractivity contribution in [2.24, 2.45) is 0 Å². The van der Waals surface area contributed by atoms with Crippen LogP contribution in [0.5, 0.6) is 5.75 Å². The minimum absolute atomic E-state index is 0.255. The number of rotatable bonds is 6. The molecule has 0 atom stereocenters. The highest BCUT2D eigenvalue weighted by Gasteiger charge is 2.11. The molecule has 0 bridgehead atoms. The normalized spacial score (nSPS) is 10.4. The zero-order chi connectivity index (χ0) is 12.8. The summed E-state index contributed by atoms with van der Waals surface area (Å²) in [5, 5.41) is 12.1. The summed E-state index contributed by atoms with van der Waals surface area (Å²) in [7, 11) is 1.71. The fourth-order valence-corrected chi connectivity index (χ4v) is 1.98. The molecule has 0 spiro atoms. The summed E-state index contributed by atoms with van der Waals surface area (Å²) in [6, 6.07) is 2.17. The quantitative estimate of drug-likeness (QED) is 0.748. The molecule has 1 aromatic carbocycles. The molecule has 0 amide bonds. The van der Waals surface area contributed by atoms with E-state index >= 15 is 0 Å². The van der Waals surface area contributed by atoms with Gasteiger partial charge in [-0.2, -0.15) is 0 Å². The summed E-state index contributed by atoms with van der Waals surface area (Å²) in [4.78, 5) is 0. The highest BCUT2D eigenvalue weighted by molar-refractivity contribution is 5.66. The fraction of sp³-hybridized carbons (Fsp3) is 0.571. The van der Waals surface area contributed by atoms with Crippen LogP contribution in [0.3, 0.4) is 0 Å². The predicted molar refractivity (Wildman–Crippen MR) is 72.0 cm³/mol. The topological polar surface area (TPSA) is 41.5 Å². The zero-order valence-corrected chi connectivity index (χ0v) is 11.3. The molecule has 0 aromatic heterocycles. The number of aliphatic hydroxyl groups excluding tert-OH is 1. The Kier molecular flexibility index (Phi) is 5.29. The van der Waals surface area contributed by atoms with Crippen LogP contribution in [-0.4, -0.2) is 25.4 Å². The Balaban J connectivity index is 2.86. The number of nitrogens with one attached hydrogen (secondary N) is 1. The molecule has 1 rings (SSSR count). The lowest BCUT2D eigenvalue weighted by Crippen LogP contribution is -2.07. The standard InChI is InChI=1S/C14H23NO2/c1-10-9-11(2)13(14(17-4)12(10)3)15-7-5-6-8-16/h9,15-16H,5-8H2,1-4H3. The molecule has 0 fully saturated rings. The lowest BCUT2D eigenvalue weighted by molar-refractivity contribution is 0.286. The van der Waals surface area contributed by atoms with Crippen molar-refractivity contribution in [1.29, 1.82) is 0 Å². The van der Waals surface area contributed by atoms with Crippen LogP contribution in [0.25, 0.3) is 0 Å². The molecular formula is C14H23NO2. The van der Waals surface area contributed by atoms with E-state index in [1.54, 1.807) is 7.11 Å². The maximum Gasteiger partial charge on any atom is 0.145 e. The Morgan fingerprint density at radius 1 is 1.18 bits per heavy atom. The van der Waals surface area contributed by atoms with Gasteiger partial charge in [0.25, 0.3) is 0 Å². The second-order valence-corrected chi connectivity index (χ2v) is 4.40. The Bertz CT molecular complexity index is 375. The summed E-state index contributed by atoms with van der Waals surface area (Å²) in [6.07, 6.45) is 1.80. The van der Waals surface area contributed by atoms with E-state index in [4.69, 9.17) is 9.84 Å². The molecule has 3 heteroatoms. The van der Waals surface area contributed by atoms with Gasteiger partial charge in [0.15, 0.2) is 0 Å². The highest BCUT2D eigenvalue weighted by Crippen LogP contribution is 2.34. The smallest absolute Gasteiger partial charge is 0.145 e. The molecule has 0 saturated carbocycles. The van der Waals surface area contributed by atoms with E-state index in [1.807, 2.05) is 0 Å². The first-order chi connectivity index (χ1) is 8.11. The summed E-state index contributed by atoms with van der Waals surface area (Å²) >= 11 is 0. The van der Waals surface area contributed by atoms with Crippen molar-refractivity contribution in [2.45, 2.75) is 33.6 Å². The van der Waals surface area contributed by atoms with Crippen molar-refractivity contribution in [3.05, 3.63) is 22.8 Å². The third-order valence-corrected chi connectivity index (χ3v) is 3.08. The number of hydrogen-bond donors (Lipinski definition) is 2. The van der Waals surface area contributed by atoms with Gasteiger partial charge in [-0.05, 0) is 50.3 Å². The molecule has 96 valence electrons. The molecule has 0 radical (unpaired) electrons. The van der Waals surface area contributed by atoms with E-state index in [-0.39, 0.29) is 6.61 Å². The van der Waals surface area contributed by atoms with Crippen LogP contribution in [0.1, 0.15) is 29.5 Å². The van der Waals surface area contributed by atoms with Gasteiger partial charge in [0.2, 0.25) is 0 Å². The number of unbranched alkanes of at least 4 members (excludes halogenated alkanes) is 1. The van der Waals surface area contributed by atoms with Crippen LogP contribution in [0.2, 0.25) is 0 Å². The zero-order valence-electron chi connectivity index (χ0n) is 11.3. The van der Waals surface area contributed by atoms with Crippen LogP contribution < -0.4 is 10.1 Å². The number of aliphatic hydroxyl groups is 1. The minimum Gasteiger partial charge on any atom is -0.494 e. The molecule has 0 aliphatic heterocycles. The highest BCUT2D eigenvalue weighted by atomic mass is 16.5. The predicted octanol–water partition coefficient (Wildman–Crippen LogP) is 2.80. The van der Waals surface area contributed by atoms with Crippen LogP contribution in [0.15, 0.2) is 6.07 Å². The average molecular weight is 237 g/mol. The Labute approximate surface area is 104 Å². The number of benzene rings is 1. The van der Waals surface area contributed by atoms with Crippen LogP contribution in [0.4, 0.5) is 5.69 Å². The van der Waals surface area contributed by atoms with Gasteiger partial charge >= 0.3 is 0 Å². The monoisotopic (exact) mass is 237 g/mol. The van der Waals surface area contributed by atoms with Gasteiger partial charge in [-0.25, -0.2) is 0 Å². The number of ether oxygens (including phenoxy) is 1. The van der Waals surface area contributed by atoms with Crippen molar-refractivity contribution >= 4 is 5.69 Å². The number of anilines is 1. The number of hydrogen-bond acceptors (Lipinski definition) is 3. The molecule has 1 aromatic rings. The fourth-order valence-electron chi connectivity index (χ4n) is 1.98. The Hall–Kier alpha value is -1.22. The molecule has 17 heavy (non-hydrogen) atoms. The van der Waals surface area contributed by atoms with Crippen molar-refractivity contribution in [1.82, 2.24) is 0 Å². The third-order valence-electron chi connectivity index (χ3n) is 3.08. The second-order valence-electron chi connectivity index (χ2n) is 4.40. The molecular weight excluding hydrogens is 214 g/mol. The van der Waals surface area contributed by atoms with E-state index in [0.717, 1.165) is 30.8 Å². The van der Waals surface area contributed by atoms with Gasteiger partial charge in [-0.3, -0.25) is 0 Å². The molecule has 2 N–H and O–H groups in total. The first kappa shape index (κ1) is 13.8. The molecule has 0 saturated heterocycles. The van der Waals surface area contributed by atoms with E-state index < -0.39 is 0 Å². The molecule has 0 heterocycles. The van der Waals surface area contributed by atoms with Crippen molar-refractivity contribution in [2.75, 3.05) is 25.6 Å². The van der Waals surface area contributed by atoms with Gasteiger partial charge in [0.1, 0.15) is 5.75 Å². The summed E-state index contributed by atoms with van der Waals surface area (Å²) < 4.78 is 5.48. The van der Waals surface area contributed by atoms with Crippen molar-refractivity contribution < 1.29 is 9.84 Å². The lowest BCUT2D eigenvalue weighted by atomic mass is 10.0. The molecule has 0 aliphatic carbocycles. The maximum absolute atomic E-state index is 8.75. The first-order valence-electron chi connectivity index (χ1n) is 6.11. The van der Waals surface area contributed by atoms with Gasteiger partial charge < -0.3 is 15.2 Å². The van der Waals surface area contributed by atoms with E-state index in [0.29, 0.717) is 0 Å². The summed E-state index contributed by atoms with van der Waals surface area (Å²) in [5.74, 6) is 0.937. The van der Waals surface area contributed by atoms with Gasteiger partial charge in [-0.15, -0.1) is 0 Å². The Morgan fingerprint density at radius 2 is 1.88 bits per heavy atom. The SMILES string of the molecule is COc1c(C)c(C)cc(C)c1NCCCCO. The number of aryl methyl sites for hydroxylation is 2. The first-order valence-corrected chi connectivity index (χ1v) is 6.11. The van der Waals surface area contributed by atoms with Gasteiger partial charge in [0, 0.05) is 13.2 Å². The van der Waals surface area contributed by atoms with Crippen LogP contribution in [-0.2, 0) is 0 Å². The van der Waals surface area contributed by atoms with Crippen LogP contribution in [0, 0.1) is 20.8 Å². The second kappa shape index (κ2) is 6.50. The molecule has 0 aliphatic rings. The van der Waals surface area contributed by atoms with E-state index in [1.165, 1.54) is 16.7 Å². The van der Waals surface area contributed by atoms with Crippen molar-refractivity contribution in [3.63, 3.8) is 0 Å². The third kappa shape index (κ3) is 3.37. The van der Waals surface area contributed by atoms with E-state index in [9.17, 15) is 0 Å². The van der Waals surface area contributed by atoms with Crippen LogP contribution >= 0.6 is 0 Å². The minimum atomic E-state index is 0.255. The number of methoxy groups -OCH3 is 1. The lowest BCUT2D eigenvalue weighted by Gasteiger charge is -2.17. The van der Waals surface area contributed by atoms with Crippen molar-refractivity contribution in [3.8, 4) is 5.75 Å². The molecule has 0 unspecified atom stereocenters. The molecule has 3 nitrogen and oxygen atoms in total. The maximum atomic E-state index is 8.75. The van der Waals surface area contributed by atoms with Gasteiger partial charge in [-0.1, -0.05) is 6.07 Å². The van der Waals surface area contributed by atoms with Gasteiger partial charge in [0.05, 0.1) is 12.8 Å².